The molecule has 0 saturated heterocycles. The number of halogens is 4. The van der Waals surface area contributed by atoms with Gasteiger partial charge in [0.25, 0.3) is 0 Å². The normalized spacial score (nSPS) is 12.0. The van der Waals surface area contributed by atoms with Crippen LogP contribution in [0.15, 0.2) is 18.5 Å². The number of rotatable bonds is 3. The summed E-state index contributed by atoms with van der Waals surface area (Å²) in [4.78, 5) is 26.6. The van der Waals surface area contributed by atoms with Gasteiger partial charge in [0, 0.05) is 6.20 Å². The fourth-order valence-corrected chi connectivity index (χ4v) is 2.27. The van der Waals surface area contributed by atoms with Gasteiger partial charge in [-0.15, -0.1) is 0 Å². The highest BCUT2D eigenvalue weighted by Gasteiger charge is 2.41. The molecule has 8 nitrogen and oxygen atoms in total. The summed E-state index contributed by atoms with van der Waals surface area (Å²) in [5, 5.41) is 14.3. The second kappa shape index (κ2) is 7.06. The Bertz CT molecular complexity index is 890. The van der Waals surface area contributed by atoms with Crippen molar-refractivity contribution >= 4 is 29.4 Å². The second-order valence-corrected chi connectivity index (χ2v) is 6.62. The lowest BCUT2D eigenvalue weighted by molar-refractivity contribution is -0.143. The lowest BCUT2D eigenvalue weighted by Gasteiger charge is -2.20. The lowest BCUT2D eigenvalue weighted by Crippen LogP contribution is -2.27. The van der Waals surface area contributed by atoms with E-state index < -0.39 is 40.9 Å². The van der Waals surface area contributed by atoms with Crippen molar-refractivity contribution in [1.29, 1.82) is 0 Å². The Balaban J connectivity index is 2.50. The number of carboxylic acid groups (broad SMARTS) is 1. The van der Waals surface area contributed by atoms with Crippen LogP contribution in [0.2, 0.25) is 5.02 Å². The van der Waals surface area contributed by atoms with Gasteiger partial charge < -0.3 is 9.84 Å². The number of carbonyl (C=O) groups is 2. The number of amides is 1. The zero-order valence-electron chi connectivity index (χ0n) is 14.3. The number of carboxylic acids is 1. The third kappa shape index (κ3) is 4.67. The molecule has 0 radical (unpaired) electrons. The summed E-state index contributed by atoms with van der Waals surface area (Å²) in [7, 11) is 0. The summed E-state index contributed by atoms with van der Waals surface area (Å²) in [6.07, 6.45) is -4.30. The number of nitrogens with zero attached hydrogens (tertiary/aromatic N) is 3. The molecule has 2 N–H and O–H groups in total. The summed E-state index contributed by atoms with van der Waals surface area (Å²) in [5.74, 6) is -2.32. The average molecular weight is 407 g/mol. The number of pyridine rings is 1. The van der Waals surface area contributed by atoms with Gasteiger partial charge in [-0.3, -0.25) is 5.32 Å². The maximum Gasteiger partial charge on any atom is 0.434 e. The van der Waals surface area contributed by atoms with Crippen LogP contribution in [0.25, 0.3) is 5.82 Å². The Kier molecular flexibility index (Phi) is 5.36. The summed E-state index contributed by atoms with van der Waals surface area (Å²) in [5.41, 5.74) is -3.52. The van der Waals surface area contributed by atoms with Crippen LogP contribution in [0, 0.1) is 0 Å². The molecule has 0 spiro atoms. The quantitative estimate of drug-likeness (QED) is 0.798. The predicted molar refractivity (Wildman–Crippen MR) is 88.2 cm³/mol. The third-order valence-electron chi connectivity index (χ3n) is 2.98. The first-order chi connectivity index (χ1) is 12.3. The standard InChI is InChI=1S/C15H14ClF3N4O4/c1-14(2,3)27-13(26)22-8-4-5-20-11(9(8)16)23-10(15(17,18)19)7(6-21-23)12(24)25/h4-6H,1-3H3,(H,24,25)(H,20,22,26). The van der Waals surface area contributed by atoms with Gasteiger partial charge in [-0.2, -0.15) is 18.3 Å². The molecule has 2 rings (SSSR count). The van der Waals surface area contributed by atoms with Gasteiger partial charge in [-0.1, -0.05) is 11.6 Å². The topological polar surface area (TPSA) is 106 Å². The number of aromatic carboxylic acids is 1. The third-order valence-corrected chi connectivity index (χ3v) is 3.35. The van der Waals surface area contributed by atoms with Crippen LogP contribution in [0.4, 0.5) is 23.7 Å². The summed E-state index contributed by atoms with van der Waals surface area (Å²) in [6.45, 7) is 4.87. The van der Waals surface area contributed by atoms with E-state index in [1.807, 2.05) is 0 Å². The fourth-order valence-electron chi connectivity index (χ4n) is 2.03. The van der Waals surface area contributed by atoms with Crippen LogP contribution in [0.3, 0.4) is 0 Å². The minimum absolute atomic E-state index is 0.0867. The lowest BCUT2D eigenvalue weighted by atomic mass is 10.2. The largest absolute Gasteiger partial charge is 0.478 e. The van der Waals surface area contributed by atoms with E-state index in [1.54, 1.807) is 20.8 Å². The molecule has 146 valence electrons. The molecule has 0 aromatic carbocycles. The van der Waals surface area contributed by atoms with E-state index in [4.69, 9.17) is 21.4 Å². The molecule has 0 fully saturated rings. The van der Waals surface area contributed by atoms with E-state index in [2.05, 4.69) is 15.4 Å². The monoisotopic (exact) mass is 406 g/mol. The van der Waals surface area contributed by atoms with Gasteiger partial charge in [0.15, 0.2) is 11.5 Å². The van der Waals surface area contributed by atoms with Crippen molar-refractivity contribution in [2.24, 2.45) is 0 Å². The maximum absolute atomic E-state index is 13.3. The second-order valence-electron chi connectivity index (χ2n) is 6.24. The SMILES string of the molecule is CC(C)(C)OC(=O)Nc1ccnc(-n2ncc(C(=O)O)c2C(F)(F)F)c1Cl. The fraction of sp³-hybridized carbons (Fsp3) is 0.333. The number of carbonyl (C=O) groups excluding carboxylic acids is 1. The zero-order valence-corrected chi connectivity index (χ0v) is 15.0. The van der Waals surface area contributed by atoms with E-state index in [0.29, 0.717) is 6.20 Å². The zero-order chi connectivity index (χ0) is 20.6. The van der Waals surface area contributed by atoms with Gasteiger partial charge in [0.05, 0.1) is 11.9 Å². The van der Waals surface area contributed by atoms with Crippen molar-refractivity contribution < 1.29 is 32.6 Å². The predicted octanol–water partition coefficient (Wildman–Crippen LogP) is 3.98. The van der Waals surface area contributed by atoms with Crippen LogP contribution in [0.5, 0.6) is 0 Å². The first-order valence-electron chi connectivity index (χ1n) is 7.34. The van der Waals surface area contributed by atoms with Crippen LogP contribution in [-0.2, 0) is 10.9 Å². The number of anilines is 1. The van der Waals surface area contributed by atoms with Gasteiger partial charge in [-0.05, 0) is 26.8 Å². The van der Waals surface area contributed by atoms with Gasteiger partial charge >= 0.3 is 18.2 Å². The van der Waals surface area contributed by atoms with Crippen molar-refractivity contribution in [1.82, 2.24) is 14.8 Å². The van der Waals surface area contributed by atoms with E-state index in [1.165, 1.54) is 6.07 Å². The molecule has 0 saturated carbocycles. The van der Waals surface area contributed by atoms with Crippen molar-refractivity contribution in [3.05, 3.63) is 34.7 Å². The van der Waals surface area contributed by atoms with Crippen molar-refractivity contribution in [3.63, 3.8) is 0 Å². The number of hydrogen-bond donors (Lipinski definition) is 2. The van der Waals surface area contributed by atoms with Crippen LogP contribution < -0.4 is 5.32 Å². The Morgan fingerprint density at radius 3 is 2.44 bits per heavy atom. The minimum atomic E-state index is -5.04. The number of aromatic nitrogens is 3. The van der Waals surface area contributed by atoms with E-state index in [9.17, 15) is 22.8 Å². The number of hydrogen-bond acceptors (Lipinski definition) is 5. The average Bonchev–Trinajstić information content (AvgIpc) is 2.92. The molecular weight excluding hydrogens is 393 g/mol. The highest BCUT2D eigenvalue weighted by atomic mass is 35.5. The summed E-state index contributed by atoms with van der Waals surface area (Å²) < 4.78 is 45.3. The van der Waals surface area contributed by atoms with Crippen molar-refractivity contribution in [2.45, 2.75) is 32.5 Å². The van der Waals surface area contributed by atoms with E-state index in [-0.39, 0.29) is 15.4 Å². The first kappa shape index (κ1) is 20.5. The molecule has 1 amide bonds. The van der Waals surface area contributed by atoms with E-state index >= 15 is 0 Å². The van der Waals surface area contributed by atoms with Crippen LogP contribution >= 0.6 is 11.6 Å². The van der Waals surface area contributed by atoms with Gasteiger partial charge in [0.1, 0.15) is 16.2 Å². The molecule has 0 aliphatic heterocycles. The smallest absolute Gasteiger partial charge is 0.434 e. The molecule has 27 heavy (non-hydrogen) atoms. The molecule has 12 heteroatoms. The molecule has 0 unspecified atom stereocenters. The highest BCUT2D eigenvalue weighted by molar-refractivity contribution is 6.35. The Labute approximate surface area is 155 Å². The Morgan fingerprint density at radius 1 is 1.30 bits per heavy atom. The molecular formula is C15H14ClF3N4O4. The molecule has 0 aliphatic rings. The van der Waals surface area contributed by atoms with Crippen molar-refractivity contribution in [2.75, 3.05) is 5.32 Å². The Hall–Kier alpha value is -2.82. The summed E-state index contributed by atoms with van der Waals surface area (Å²) in [6, 6.07) is 1.24. The number of nitrogens with one attached hydrogen (secondary N) is 1. The molecule has 0 atom stereocenters. The molecule has 2 aromatic heterocycles. The molecule has 2 heterocycles. The first-order valence-corrected chi connectivity index (χ1v) is 7.72. The minimum Gasteiger partial charge on any atom is -0.478 e. The van der Waals surface area contributed by atoms with Crippen molar-refractivity contribution in [3.8, 4) is 5.82 Å². The maximum atomic E-state index is 13.3. The molecule has 0 aliphatic carbocycles. The molecule has 0 bridgehead atoms. The van der Waals surface area contributed by atoms with Gasteiger partial charge in [-0.25, -0.2) is 19.3 Å². The number of alkyl halides is 3. The molecule has 2 aromatic rings. The number of ether oxygens (including phenoxy) is 1. The van der Waals surface area contributed by atoms with E-state index in [0.717, 1.165) is 6.20 Å². The van der Waals surface area contributed by atoms with Crippen LogP contribution in [0.1, 0.15) is 36.8 Å². The highest BCUT2D eigenvalue weighted by Crippen LogP contribution is 2.36. The Morgan fingerprint density at radius 2 is 1.93 bits per heavy atom. The van der Waals surface area contributed by atoms with Gasteiger partial charge in [0.2, 0.25) is 0 Å². The van der Waals surface area contributed by atoms with Crippen LogP contribution in [-0.4, -0.2) is 37.5 Å². The summed E-state index contributed by atoms with van der Waals surface area (Å²) >= 11 is 6.06.